The summed E-state index contributed by atoms with van der Waals surface area (Å²) >= 11 is 6.27. The molecule has 0 bridgehead atoms. The monoisotopic (exact) mass is 575 g/mol. The zero-order valence-electron chi connectivity index (χ0n) is 21.2. The van der Waals surface area contributed by atoms with Crippen LogP contribution in [0.5, 0.6) is 0 Å². The minimum atomic E-state index is -4.11. The average Bonchev–Trinajstić information content (AvgIpc) is 2.90. The highest BCUT2D eigenvalue weighted by atomic mass is 35.5. The number of carbonyl (C=O) groups excluding carboxylic acids is 1. The fraction of sp³-hybridized carbons (Fsp3) is 0.296. The summed E-state index contributed by atoms with van der Waals surface area (Å²) in [5.74, 6) is -0.591. The molecule has 1 aliphatic rings. The Balaban J connectivity index is 1.57. The highest BCUT2D eigenvalue weighted by Gasteiger charge is 2.29. The highest BCUT2D eigenvalue weighted by molar-refractivity contribution is 7.92. The van der Waals surface area contributed by atoms with Crippen molar-refractivity contribution in [3.8, 4) is 0 Å². The summed E-state index contributed by atoms with van der Waals surface area (Å²) in [6.07, 6.45) is 2.69. The number of rotatable bonds is 8. The molecule has 11 heteroatoms. The van der Waals surface area contributed by atoms with Gasteiger partial charge in [0, 0.05) is 23.8 Å². The van der Waals surface area contributed by atoms with E-state index in [0.717, 1.165) is 29.1 Å². The van der Waals surface area contributed by atoms with E-state index in [0.29, 0.717) is 29.4 Å². The Hall–Kier alpha value is -2.92. The molecule has 202 valence electrons. The van der Waals surface area contributed by atoms with Crippen molar-refractivity contribution in [2.24, 2.45) is 0 Å². The number of hydrogen-bond donors (Lipinski definition) is 1. The Labute approximate surface area is 229 Å². The van der Waals surface area contributed by atoms with Gasteiger partial charge in [-0.05, 0) is 80.8 Å². The summed E-state index contributed by atoms with van der Waals surface area (Å²) < 4.78 is 55.6. The lowest BCUT2D eigenvalue weighted by molar-refractivity contribution is -0.114. The van der Waals surface area contributed by atoms with Gasteiger partial charge in [0.05, 0.1) is 15.5 Å². The van der Waals surface area contributed by atoms with Gasteiger partial charge in [0.25, 0.3) is 10.0 Å². The van der Waals surface area contributed by atoms with Crippen molar-refractivity contribution in [3.05, 3.63) is 82.9 Å². The molecule has 0 spiro atoms. The minimum absolute atomic E-state index is 0.0440. The van der Waals surface area contributed by atoms with Crippen molar-refractivity contribution in [1.29, 1.82) is 0 Å². The number of sulfonamides is 2. The summed E-state index contributed by atoms with van der Waals surface area (Å²) in [7, 11) is -7.71. The summed E-state index contributed by atoms with van der Waals surface area (Å²) in [4.78, 5) is 13.3. The molecule has 1 saturated heterocycles. The maximum Gasteiger partial charge on any atom is 0.264 e. The molecular formula is C27H30ClN3O5S2. The molecule has 0 radical (unpaired) electrons. The zero-order valence-corrected chi connectivity index (χ0v) is 23.6. The fourth-order valence-corrected chi connectivity index (χ4v) is 7.46. The molecule has 0 atom stereocenters. The number of nitrogens with one attached hydrogen (secondary N) is 1. The number of piperidine rings is 1. The fourth-order valence-electron chi connectivity index (χ4n) is 4.30. The molecule has 3 aromatic carbocycles. The van der Waals surface area contributed by atoms with Crippen molar-refractivity contribution in [2.75, 3.05) is 29.3 Å². The quantitative estimate of drug-likeness (QED) is 0.408. The SMILES string of the molecule is Cc1ccc(S(=O)(=O)N(CC(=O)Nc2ccc(S(=O)(=O)N3CCCCC3)cc2)c2cccc(Cl)c2C)cc1. The Morgan fingerprint density at radius 1 is 0.868 bits per heavy atom. The lowest BCUT2D eigenvalue weighted by Gasteiger charge is -2.26. The van der Waals surface area contributed by atoms with Crippen LogP contribution < -0.4 is 9.62 Å². The van der Waals surface area contributed by atoms with Crippen molar-refractivity contribution >= 4 is 48.9 Å². The smallest absolute Gasteiger partial charge is 0.264 e. The molecule has 4 rings (SSSR count). The van der Waals surface area contributed by atoms with Crippen LogP contribution in [0.15, 0.2) is 76.5 Å². The molecule has 1 amide bonds. The van der Waals surface area contributed by atoms with Gasteiger partial charge in [-0.1, -0.05) is 41.8 Å². The lowest BCUT2D eigenvalue weighted by atomic mass is 10.2. The summed E-state index contributed by atoms with van der Waals surface area (Å²) in [5, 5.41) is 3.05. The van der Waals surface area contributed by atoms with E-state index in [1.165, 1.54) is 40.7 Å². The molecular weight excluding hydrogens is 546 g/mol. The maximum absolute atomic E-state index is 13.6. The average molecular weight is 576 g/mol. The number of aryl methyl sites for hydroxylation is 1. The van der Waals surface area contributed by atoms with Gasteiger partial charge in [-0.3, -0.25) is 9.10 Å². The zero-order chi connectivity index (χ0) is 27.5. The van der Waals surface area contributed by atoms with E-state index in [1.54, 1.807) is 37.3 Å². The normalized spacial score (nSPS) is 14.7. The number of carbonyl (C=O) groups is 1. The van der Waals surface area contributed by atoms with E-state index < -0.39 is 32.5 Å². The number of anilines is 2. The van der Waals surface area contributed by atoms with Crippen molar-refractivity contribution in [2.45, 2.75) is 42.9 Å². The van der Waals surface area contributed by atoms with Crippen LogP contribution >= 0.6 is 11.6 Å². The molecule has 3 aromatic rings. The molecule has 0 saturated carbocycles. The van der Waals surface area contributed by atoms with E-state index in [2.05, 4.69) is 5.32 Å². The number of nitrogens with zero attached hydrogens (tertiary/aromatic N) is 2. The maximum atomic E-state index is 13.6. The molecule has 1 aliphatic heterocycles. The second-order valence-corrected chi connectivity index (χ2v) is 13.5. The summed E-state index contributed by atoms with van der Waals surface area (Å²) in [6, 6.07) is 17.1. The van der Waals surface area contributed by atoms with Crippen LogP contribution in [-0.2, 0) is 24.8 Å². The first kappa shape index (κ1) is 28.1. The highest BCUT2D eigenvalue weighted by Crippen LogP contribution is 2.31. The summed E-state index contributed by atoms with van der Waals surface area (Å²) in [6.45, 7) is 4.02. The van der Waals surface area contributed by atoms with Crippen LogP contribution in [-0.4, -0.2) is 46.7 Å². The van der Waals surface area contributed by atoms with Crippen molar-refractivity contribution in [3.63, 3.8) is 0 Å². The molecule has 1 heterocycles. The predicted octanol–water partition coefficient (Wildman–Crippen LogP) is 4.97. The van der Waals surface area contributed by atoms with Crippen LogP contribution in [0.25, 0.3) is 0 Å². The molecule has 1 fully saturated rings. The van der Waals surface area contributed by atoms with E-state index in [4.69, 9.17) is 11.6 Å². The topological polar surface area (TPSA) is 104 Å². The third-order valence-corrected chi connectivity index (χ3v) is 10.6. The van der Waals surface area contributed by atoms with Crippen LogP contribution in [0.2, 0.25) is 5.02 Å². The number of hydrogen-bond acceptors (Lipinski definition) is 5. The first-order chi connectivity index (χ1) is 18.0. The Morgan fingerprint density at radius 3 is 2.11 bits per heavy atom. The van der Waals surface area contributed by atoms with Crippen molar-refractivity contribution < 1.29 is 21.6 Å². The van der Waals surface area contributed by atoms with Gasteiger partial charge in [-0.15, -0.1) is 0 Å². The minimum Gasteiger partial charge on any atom is -0.325 e. The van der Waals surface area contributed by atoms with Crippen LogP contribution in [0.4, 0.5) is 11.4 Å². The van der Waals surface area contributed by atoms with Gasteiger partial charge in [0.15, 0.2) is 0 Å². The Morgan fingerprint density at radius 2 is 1.47 bits per heavy atom. The van der Waals surface area contributed by atoms with E-state index in [9.17, 15) is 21.6 Å². The third-order valence-electron chi connectivity index (χ3n) is 6.49. The number of halogens is 1. The van der Waals surface area contributed by atoms with Crippen LogP contribution in [0.3, 0.4) is 0 Å². The van der Waals surface area contributed by atoms with Gasteiger partial charge >= 0.3 is 0 Å². The number of benzene rings is 3. The van der Waals surface area contributed by atoms with Crippen LogP contribution in [0.1, 0.15) is 30.4 Å². The standard InChI is InChI=1S/C27H30ClN3O5S2/c1-20-9-13-24(14-10-20)38(35,36)31(26-8-6-7-25(28)21(26)2)19-27(32)29-22-11-15-23(16-12-22)37(33,34)30-17-4-3-5-18-30/h6-16H,3-5,17-19H2,1-2H3,(H,29,32). The molecule has 38 heavy (non-hydrogen) atoms. The molecule has 8 nitrogen and oxygen atoms in total. The van der Waals surface area contributed by atoms with E-state index in [1.807, 2.05) is 6.92 Å². The van der Waals surface area contributed by atoms with E-state index >= 15 is 0 Å². The van der Waals surface area contributed by atoms with Gasteiger partial charge in [0.2, 0.25) is 15.9 Å². The van der Waals surface area contributed by atoms with Crippen molar-refractivity contribution in [1.82, 2.24) is 4.31 Å². The van der Waals surface area contributed by atoms with E-state index in [-0.39, 0.29) is 15.5 Å². The third kappa shape index (κ3) is 6.04. The second kappa shape index (κ2) is 11.4. The molecule has 0 unspecified atom stereocenters. The van der Waals surface area contributed by atoms with Crippen LogP contribution in [0, 0.1) is 13.8 Å². The largest absolute Gasteiger partial charge is 0.325 e. The first-order valence-electron chi connectivity index (χ1n) is 12.2. The van der Waals surface area contributed by atoms with Gasteiger partial charge in [-0.25, -0.2) is 16.8 Å². The Bertz CT molecular complexity index is 1520. The summed E-state index contributed by atoms with van der Waals surface area (Å²) in [5.41, 5.74) is 2.06. The van der Waals surface area contributed by atoms with Gasteiger partial charge in [0.1, 0.15) is 6.54 Å². The predicted molar refractivity (Wildman–Crippen MR) is 150 cm³/mol. The first-order valence-corrected chi connectivity index (χ1v) is 15.5. The number of amides is 1. The van der Waals surface area contributed by atoms with Gasteiger partial charge in [-0.2, -0.15) is 4.31 Å². The molecule has 0 aliphatic carbocycles. The molecule has 1 N–H and O–H groups in total. The van der Waals surface area contributed by atoms with Gasteiger partial charge < -0.3 is 5.32 Å². The molecule has 0 aromatic heterocycles. The lowest BCUT2D eigenvalue weighted by Crippen LogP contribution is -2.38. The Kier molecular flexibility index (Phi) is 8.46. The second-order valence-electron chi connectivity index (χ2n) is 9.25.